The molecular weight excluding hydrogens is 192 g/mol. The number of ketones is 1. The van der Waals surface area contributed by atoms with Crippen LogP contribution in [0.4, 0.5) is 0 Å². The van der Waals surface area contributed by atoms with Crippen molar-refractivity contribution in [3.05, 3.63) is 0 Å². The summed E-state index contributed by atoms with van der Waals surface area (Å²) in [6, 6.07) is 0. The van der Waals surface area contributed by atoms with Crippen molar-refractivity contribution in [3.63, 3.8) is 0 Å². The maximum absolute atomic E-state index is 11.3. The summed E-state index contributed by atoms with van der Waals surface area (Å²) in [6.07, 6.45) is 1.20. The molecule has 0 aromatic heterocycles. The Hall–Kier alpha value is -0.410. The molecule has 0 radical (unpaired) electrons. The second-order valence-corrected chi connectivity index (χ2v) is 4.71. The number of carbonyl (C=O) groups is 1. The third-order valence-electron chi connectivity index (χ3n) is 2.01. The zero-order chi connectivity index (χ0) is 11.8. The van der Waals surface area contributed by atoms with Crippen molar-refractivity contribution in [1.82, 2.24) is 0 Å². The molecule has 1 atom stereocenters. The fourth-order valence-corrected chi connectivity index (χ4v) is 1.27. The lowest BCUT2D eigenvalue weighted by atomic mass is 10.0. The lowest BCUT2D eigenvalue weighted by Crippen LogP contribution is -2.19. The average molecular weight is 216 g/mol. The second-order valence-electron chi connectivity index (χ2n) is 4.71. The van der Waals surface area contributed by atoms with Crippen molar-refractivity contribution in [3.8, 4) is 0 Å². The molecule has 3 heteroatoms. The first-order chi connectivity index (χ1) is 6.91. The molecule has 0 aromatic rings. The predicted molar refractivity (Wildman–Crippen MR) is 60.8 cm³/mol. The van der Waals surface area contributed by atoms with Crippen molar-refractivity contribution >= 4 is 5.78 Å². The van der Waals surface area contributed by atoms with Crippen LogP contribution in [-0.2, 0) is 9.53 Å². The van der Waals surface area contributed by atoms with E-state index in [9.17, 15) is 9.90 Å². The molecule has 0 saturated carbocycles. The number of Topliss-reactive ketones (excluding diaryl/α,β-unsaturated/α-hetero) is 1. The first kappa shape index (κ1) is 14.6. The minimum absolute atomic E-state index is 0.131. The van der Waals surface area contributed by atoms with E-state index in [4.69, 9.17) is 4.74 Å². The zero-order valence-electron chi connectivity index (χ0n) is 10.3. The van der Waals surface area contributed by atoms with Crippen LogP contribution in [0.1, 0.15) is 47.0 Å². The lowest BCUT2D eigenvalue weighted by molar-refractivity contribution is -0.120. The highest BCUT2D eigenvalue weighted by Crippen LogP contribution is 2.07. The number of rotatable bonds is 8. The molecule has 1 N–H and O–H groups in total. The van der Waals surface area contributed by atoms with Crippen molar-refractivity contribution in [2.45, 2.75) is 59.2 Å². The minimum atomic E-state index is -0.511. The van der Waals surface area contributed by atoms with E-state index in [0.29, 0.717) is 31.8 Å². The van der Waals surface area contributed by atoms with E-state index < -0.39 is 6.10 Å². The molecule has 90 valence electrons. The molecule has 0 aliphatic carbocycles. The highest BCUT2D eigenvalue weighted by Gasteiger charge is 2.10. The predicted octanol–water partition coefficient (Wildman–Crippen LogP) is 2.17. The van der Waals surface area contributed by atoms with Crippen LogP contribution in [0.15, 0.2) is 0 Å². The fourth-order valence-electron chi connectivity index (χ4n) is 1.27. The lowest BCUT2D eigenvalue weighted by Gasteiger charge is -2.13. The Kier molecular flexibility index (Phi) is 7.61. The van der Waals surface area contributed by atoms with Gasteiger partial charge in [0.2, 0.25) is 0 Å². The summed E-state index contributed by atoms with van der Waals surface area (Å²) in [6.45, 7) is 8.23. The summed E-state index contributed by atoms with van der Waals surface area (Å²) in [7, 11) is 0. The maximum atomic E-state index is 11.3. The largest absolute Gasteiger partial charge is 0.391 e. The van der Waals surface area contributed by atoms with Gasteiger partial charge < -0.3 is 9.84 Å². The molecule has 0 aliphatic heterocycles. The van der Waals surface area contributed by atoms with Crippen LogP contribution in [0.3, 0.4) is 0 Å². The van der Waals surface area contributed by atoms with Crippen molar-refractivity contribution < 1.29 is 14.6 Å². The molecule has 0 rings (SSSR count). The summed E-state index contributed by atoms with van der Waals surface area (Å²) < 4.78 is 5.26. The van der Waals surface area contributed by atoms with Crippen molar-refractivity contribution in [2.24, 2.45) is 5.92 Å². The van der Waals surface area contributed by atoms with Crippen LogP contribution in [0.5, 0.6) is 0 Å². The summed E-state index contributed by atoms with van der Waals surface area (Å²) in [4.78, 5) is 11.3. The monoisotopic (exact) mass is 216 g/mol. The van der Waals surface area contributed by atoms with Gasteiger partial charge in [-0.15, -0.1) is 0 Å². The van der Waals surface area contributed by atoms with Crippen LogP contribution in [0.25, 0.3) is 0 Å². The maximum Gasteiger partial charge on any atom is 0.133 e. The Bertz CT molecular complexity index is 176. The molecule has 1 unspecified atom stereocenters. The molecule has 0 amide bonds. The van der Waals surface area contributed by atoms with Gasteiger partial charge in [0.25, 0.3) is 0 Å². The topological polar surface area (TPSA) is 46.5 Å². The van der Waals surface area contributed by atoms with Gasteiger partial charge in [0, 0.05) is 12.8 Å². The van der Waals surface area contributed by atoms with E-state index in [1.165, 1.54) is 0 Å². The fraction of sp³-hybridized carbons (Fsp3) is 0.917. The van der Waals surface area contributed by atoms with Gasteiger partial charge >= 0.3 is 0 Å². The molecule has 0 bridgehead atoms. The number of carbonyl (C=O) groups excluding carboxylic acids is 1. The molecule has 15 heavy (non-hydrogen) atoms. The molecule has 0 heterocycles. The number of aliphatic hydroxyl groups is 1. The van der Waals surface area contributed by atoms with Crippen LogP contribution >= 0.6 is 0 Å². The number of ether oxygens (including phenoxy) is 1. The van der Waals surface area contributed by atoms with Gasteiger partial charge in [-0.05, 0) is 26.2 Å². The van der Waals surface area contributed by atoms with Gasteiger partial charge in [0.15, 0.2) is 0 Å². The summed E-state index contributed by atoms with van der Waals surface area (Å²) >= 11 is 0. The zero-order valence-corrected chi connectivity index (χ0v) is 10.3. The third-order valence-corrected chi connectivity index (χ3v) is 2.01. The number of aliphatic hydroxyl groups excluding tert-OH is 1. The molecule has 0 aromatic carbocycles. The quantitative estimate of drug-likeness (QED) is 0.676. The van der Waals surface area contributed by atoms with Gasteiger partial charge in [-0.2, -0.15) is 0 Å². The second kappa shape index (κ2) is 7.83. The summed E-state index contributed by atoms with van der Waals surface area (Å²) in [5.41, 5.74) is 0. The highest BCUT2D eigenvalue weighted by molar-refractivity contribution is 5.78. The Balaban J connectivity index is 3.53. The van der Waals surface area contributed by atoms with Crippen LogP contribution in [0.2, 0.25) is 0 Å². The van der Waals surface area contributed by atoms with Crippen molar-refractivity contribution in [2.75, 3.05) is 6.61 Å². The smallest absolute Gasteiger partial charge is 0.133 e. The molecule has 0 spiro atoms. The Labute approximate surface area is 92.8 Å². The Morgan fingerprint density at radius 1 is 1.27 bits per heavy atom. The molecular formula is C12H24O3. The summed E-state index contributed by atoms with van der Waals surface area (Å²) in [5.74, 6) is 0.634. The average Bonchev–Trinajstić information content (AvgIpc) is 2.10. The van der Waals surface area contributed by atoms with Crippen molar-refractivity contribution in [1.29, 1.82) is 0 Å². The molecule has 0 aliphatic rings. The van der Waals surface area contributed by atoms with E-state index in [-0.39, 0.29) is 11.9 Å². The van der Waals surface area contributed by atoms with E-state index in [2.05, 4.69) is 0 Å². The van der Waals surface area contributed by atoms with Gasteiger partial charge in [0.05, 0.1) is 18.8 Å². The van der Waals surface area contributed by atoms with Gasteiger partial charge in [-0.1, -0.05) is 13.8 Å². The molecule has 0 fully saturated rings. The molecule has 0 saturated heterocycles. The van der Waals surface area contributed by atoms with Crippen LogP contribution in [0, 0.1) is 5.92 Å². The number of hydrogen-bond donors (Lipinski definition) is 1. The normalized spacial score (nSPS) is 13.5. The van der Waals surface area contributed by atoms with Crippen LogP contribution < -0.4 is 0 Å². The Morgan fingerprint density at radius 3 is 2.33 bits per heavy atom. The number of hydrogen-bond acceptors (Lipinski definition) is 3. The van der Waals surface area contributed by atoms with E-state index >= 15 is 0 Å². The van der Waals surface area contributed by atoms with E-state index in [1.807, 2.05) is 27.7 Å². The SMILES string of the molecule is CC(C)CC(=O)CCC(O)COC(C)C. The van der Waals surface area contributed by atoms with E-state index in [1.54, 1.807) is 0 Å². The Morgan fingerprint density at radius 2 is 1.87 bits per heavy atom. The standard InChI is InChI=1S/C12H24O3/c1-9(2)7-11(13)5-6-12(14)8-15-10(3)4/h9-10,12,14H,5-8H2,1-4H3. The minimum Gasteiger partial charge on any atom is -0.391 e. The van der Waals surface area contributed by atoms with Gasteiger partial charge in [-0.3, -0.25) is 4.79 Å². The summed E-state index contributed by atoms with van der Waals surface area (Å²) in [5, 5.41) is 9.50. The van der Waals surface area contributed by atoms with Gasteiger partial charge in [0.1, 0.15) is 5.78 Å². The first-order valence-corrected chi connectivity index (χ1v) is 5.73. The first-order valence-electron chi connectivity index (χ1n) is 5.73. The van der Waals surface area contributed by atoms with Crippen LogP contribution in [-0.4, -0.2) is 29.7 Å². The van der Waals surface area contributed by atoms with E-state index in [0.717, 1.165) is 0 Å². The molecule has 3 nitrogen and oxygen atoms in total. The van der Waals surface area contributed by atoms with Gasteiger partial charge in [-0.25, -0.2) is 0 Å². The third kappa shape index (κ3) is 9.88. The highest BCUT2D eigenvalue weighted by atomic mass is 16.5.